The summed E-state index contributed by atoms with van der Waals surface area (Å²) in [5, 5.41) is 0.0759. The summed E-state index contributed by atoms with van der Waals surface area (Å²) in [6.07, 6.45) is 2.06. The van der Waals surface area contributed by atoms with E-state index in [0.717, 1.165) is 0 Å². The van der Waals surface area contributed by atoms with Crippen LogP contribution in [-0.2, 0) is 9.16 Å². The predicted molar refractivity (Wildman–Crippen MR) is 109 cm³/mol. The van der Waals surface area contributed by atoms with E-state index >= 15 is 0 Å². The first-order valence-electron chi connectivity index (χ1n) is 9.66. The number of aromatic nitrogens is 1. The van der Waals surface area contributed by atoms with Crippen LogP contribution in [-0.4, -0.2) is 44.3 Å². The second-order valence-corrected chi connectivity index (χ2v) is 13.7. The molecule has 0 radical (unpaired) electrons. The maximum Gasteiger partial charge on any atom is 0.423 e. The zero-order valence-corrected chi connectivity index (χ0v) is 18.3. The normalized spacial score (nSPS) is 21.4. The molecule has 1 saturated heterocycles. The first kappa shape index (κ1) is 19.8. The zero-order valence-electron chi connectivity index (χ0n) is 17.3. The molecule has 2 aliphatic heterocycles. The van der Waals surface area contributed by atoms with E-state index in [1.54, 1.807) is 23.1 Å². The number of fused-ring (bicyclic) bond motifs is 3. The van der Waals surface area contributed by atoms with Gasteiger partial charge >= 0.3 is 11.8 Å². The summed E-state index contributed by atoms with van der Waals surface area (Å²) in [6, 6.07) is 4.97. The maximum absolute atomic E-state index is 12.6. The van der Waals surface area contributed by atoms with E-state index in [-0.39, 0.29) is 17.2 Å². The number of amides is 1. The van der Waals surface area contributed by atoms with Gasteiger partial charge in [-0.05, 0) is 30.3 Å². The molecule has 0 aliphatic carbocycles. The average molecular weight is 419 g/mol. The van der Waals surface area contributed by atoms with Gasteiger partial charge in [0.25, 0.3) is 0 Å². The number of ether oxygens (including phenoxy) is 2. The van der Waals surface area contributed by atoms with Crippen LogP contribution < -0.4 is 15.4 Å². The molecule has 1 aromatic heterocycles. The molecule has 0 bridgehead atoms. The highest BCUT2D eigenvalue weighted by Gasteiger charge is 2.48. The number of hydrogen-bond donors (Lipinski definition) is 0. The summed E-state index contributed by atoms with van der Waals surface area (Å²) >= 11 is 0. The molecule has 0 unspecified atom stereocenters. The van der Waals surface area contributed by atoms with Gasteiger partial charge < -0.3 is 18.3 Å². The fourth-order valence-corrected chi connectivity index (χ4v) is 4.29. The van der Waals surface area contributed by atoms with E-state index in [1.165, 1.54) is 17.0 Å². The number of benzene rings is 1. The minimum Gasteiger partial charge on any atom is -0.489 e. The molecule has 0 spiro atoms. The molecular formula is C20H26N2O6Si. The van der Waals surface area contributed by atoms with Gasteiger partial charge in [-0.2, -0.15) is 0 Å². The largest absolute Gasteiger partial charge is 0.489 e. The summed E-state index contributed by atoms with van der Waals surface area (Å²) in [6.45, 7) is 11.5. The van der Waals surface area contributed by atoms with Crippen molar-refractivity contribution in [1.29, 1.82) is 0 Å². The van der Waals surface area contributed by atoms with Crippen LogP contribution in [0.4, 0.5) is 10.5 Å². The quantitative estimate of drug-likeness (QED) is 0.707. The minimum absolute atomic E-state index is 0.0759. The topological polar surface area (TPSA) is 83.1 Å². The molecule has 0 saturated carbocycles. The van der Waals surface area contributed by atoms with E-state index in [0.29, 0.717) is 30.3 Å². The number of anilines is 1. The molecule has 1 aromatic carbocycles. The zero-order chi connectivity index (χ0) is 21.0. The third-order valence-electron chi connectivity index (χ3n) is 6.09. The van der Waals surface area contributed by atoms with Crippen LogP contribution >= 0.6 is 0 Å². The van der Waals surface area contributed by atoms with Gasteiger partial charge in [-0.15, -0.1) is 0 Å². The van der Waals surface area contributed by atoms with Crippen molar-refractivity contribution in [2.45, 2.75) is 51.0 Å². The van der Waals surface area contributed by atoms with Gasteiger partial charge in [0, 0.05) is 6.07 Å². The van der Waals surface area contributed by atoms with Crippen LogP contribution in [0.1, 0.15) is 20.8 Å². The predicted octanol–water partition coefficient (Wildman–Crippen LogP) is 3.54. The SMILES string of the molecule is CC(C)(C)[Si](C)(C)OC[C@@H]1OC(=O)N2c3ccc(-n4ccoc4=O)cc3OC[C@@H]12. The third kappa shape index (κ3) is 3.38. The fourth-order valence-electron chi connectivity index (χ4n) is 3.28. The summed E-state index contributed by atoms with van der Waals surface area (Å²) in [5.41, 5.74) is 1.23. The summed E-state index contributed by atoms with van der Waals surface area (Å²) in [4.78, 5) is 26.0. The second kappa shape index (κ2) is 6.77. The van der Waals surface area contributed by atoms with Crippen LogP contribution in [0.25, 0.3) is 5.69 Å². The number of carbonyl (C=O) groups excluding carboxylic acids is 1. The lowest BCUT2D eigenvalue weighted by molar-refractivity contribution is 0.0770. The Morgan fingerprint density at radius 1 is 1.24 bits per heavy atom. The maximum atomic E-state index is 12.6. The van der Waals surface area contributed by atoms with Gasteiger partial charge in [-0.1, -0.05) is 20.8 Å². The molecule has 2 aromatic rings. The Hall–Kier alpha value is -2.52. The van der Waals surface area contributed by atoms with E-state index in [4.69, 9.17) is 18.3 Å². The number of nitrogens with zero attached hydrogens (tertiary/aromatic N) is 2. The van der Waals surface area contributed by atoms with E-state index in [9.17, 15) is 9.59 Å². The Morgan fingerprint density at radius 2 is 2.00 bits per heavy atom. The number of hydrogen-bond acceptors (Lipinski definition) is 6. The lowest BCUT2D eigenvalue weighted by Gasteiger charge is -2.37. The molecular weight excluding hydrogens is 392 g/mol. The average Bonchev–Trinajstić information content (AvgIpc) is 3.22. The molecule has 29 heavy (non-hydrogen) atoms. The van der Waals surface area contributed by atoms with Crippen molar-refractivity contribution in [3.05, 3.63) is 41.2 Å². The van der Waals surface area contributed by atoms with Crippen molar-refractivity contribution in [2.75, 3.05) is 18.1 Å². The Bertz CT molecular complexity index is 989. The van der Waals surface area contributed by atoms with Crippen LogP contribution in [0.5, 0.6) is 5.75 Å². The van der Waals surface area contributed by atoms with Gasteiger partial charge in [0.1, 0.15) is 30.8 Å². The third-order valence-corrected chi connectivity index (χ3v) is 10.6. The summed E-state index contributed by atoms with van der Waals surface area (Å²) in [5.74, 6) is 0.0387. The lowest BCUT2D eigenvalue weighted by atomic mass is 10.1. The number of carbonyl (C=O) groups is 1. The molecule has 3 heterocycles. The van der Waals surface area contributed by atoms with Crippen LogP contribution in [0.2, 0.25) is 18.1 Å². The minimum atomic E-state index is -1.96. The van der Waals surface area contributed by atoms with Crippen molar-refractivity contribution < 1.29 is 23.1 Å². The molecule has 8 nitrogen and oxygen atoms in total. The lowest BCUT2D eigenvalue weighted by Crippen LogP contribution is -2.48. The van der Waals surface area contributed by atoms with Gasteiger partial charge in [0.2, 0.25) is 0 Å². The molecule has 2 atom stereocenters. The van der Waals surface area contributed by atoms with Gasteiger partial charge in [0.05, 0.1) is 24.2 Å². The Morgan fingerprint density at radius 3 is 2.66 bits per heavy atom. The van der Waals surface area contributed by atoms with Crippen molar-refractivity contribution in [3.8, 4) is 11.4 Å². The number of oxazole rings is 1. The molecule has 4 rings (SSSR count). The van der Waals surface area contributed by atoms with Crippen LogP contribution in [0, 0.1) is 0 Å². The van der Waals surface area contributed by atoms with E-state index in [2.05, 4.69) is 33.9 Å². The smallest absolute Gasteiger partial charge is 0.423 e. The first-order chi connectivity index (χ1) is 13.6. The molecule has 9 heteroatoms. The molecule has 2 aliphatic rings. The Balaban J connectivity index is 1.55. The molecule has 1 amide bonds. The highest BCUT2D eigenvalue weighted by atomic mass is 28.4. The van der Waals surface area contributed by atoms with Gasteiger partial charge in [-0.25, -0.2) is 14.2 Å². The molecule has 0 N–H and O–H groups in total. The Labute approximate surface area is 170 Å². The second-order valence-electron chi connectivity index (χ2n) is 8.93. The first-order valence-corrected chi connectivity index (χ1v) is 12.6. The summed E-state index contributed by atoms with van der Waals surface area (Å²) < 4.78 is 24.0. The standard InChI is InChI=1S/C20H26N2O6Si/c1-20(2,3)29(4,5)27-12-17-15-11-26-16-10-13(21-8-9-25-18(21)23)6-7-14(16)22(15)19(24)28-17/h6-10,15,17H,11-12H2,1-5H3/t15-,17-/m0/s1. The highest BCUT2D eigenvalue weighted by molar-refractivity contribution is 6.74. The fraction of sp³-hybridized carbons (Fsp3) is 0.500. The number of cyclic esters (lactones) is 1. The van der Waals surface area contributed by atoms with Crippen molar-refractivity contribution >= 4 is 20.1 Å². The molecule has 156 valence electrons. The molecule has 1 fully saturated rings. The van der Waals surface area contributed by atoms with Crippen LogP contribution in [0.3, 0.4) is 0 Å². The van der Waals surface area contributed by atoms with E-state index < -0.39 is 20.2 Å². The van der Waals surface area contributed by atoms with Crippen molar-refractivity contribution in [3.63, 3.8) is 0 Å². The van der Waals surface area contributed by atoms with Gasteiger partial charge in [-0.3, -0.25) is 4.90 Å². The van der Waals surface area contributed by atoms with Crippen molar-refractivity contribution in [2.24, 2.45) is 0 Å². The summed E-state index contributed by atoms with van der Waals surface area (Å²) in [7, 11) is -1.96. The van der Waals surface area contributed by atoms with E-state index in [1.807, 2.05) is 0 Å². The Kier molecular flexibility index (Phi) is 4.62. The van der Waals surface area contributed by atoms with Crippen LogP contribution in [0.15, 0.2) is 39.9 Å². The van der Waals surface area contributed by atoms with Crippen molar-refractivity contribution in [1.82, 2.24) is 4.57 Å². The number of rotatable bonds is 4. The highest BCUT2D eigenvalue weighted by Crippen LogP contribution is 2.41. The van der Waals surface area contributed by atoms with Gasteiger partial charge in [0.15, 0.2) is 8.32 Å². The monoisotopic (exact) mass is 418 g/mol.